The van der Waals surface area contributed by atoms with Gasteiger partial charge >= 0.3 is 0 Å². The molecule has 1 aromatic rings. The van der Waals surface area contributed by atoms with Crippen LogP contribution in [0.25, 0.3) is 6.08 Å². The fraction of sp³-hybridized carbons (Fsp3) is 0.231. The van der Waals surface area contributed by atoms with Gasteiger partial charge in [0.15, 0.2) is 0 Å². The Hall–Kier alpha value is -1.05. The number of rotatable bonds is 2. The molecule has 1 unspecified atom stereocenters. The summed E-state index contributed by atoms with van der Waals surface area (Å²) in [5.41, 5.74) is 2.44. The summed E-state index contributed by atoms with van der Waals surface area (Å²) >= 11 is 5.82. The molecule has 78 valence electrons. The standard InChI is InChI=1S/C13H13ClO/c1-2-11-8-15-9-12(11)7-10-3-5-13(14)6-4-10/h2-7,11H,1,8-9H2/b12-7-. The quantitative estimate of drug-likeness (QED) is 0.693. The van der Waals surface area contributed by atoms with Crippen molar-refractivity contribution < 1.29 is 4.74 Å². The molecule has 1 aromatic carbocycles. The molecule has 0 radical (unpaired) electrons. The maximum absolute atomic E-state index is 5.82. The van der Waals surface area contributed by atoms with Gasteiger partial charge in [-0.05, 0) is 23.3 Å². The fourth-order valence-corrected chi connectivity index (χ4v) is 1.79. The van der Waals surface area contributed by atoms with Crippen LogP contribution in [0.15, 0.2) is 42.5 Å². The van der Waals surface area contributed by atoms with E-state index in [2.05, 4.69) is 12.7 Å². The largest absolute Gasteiger partial charge is 0.376 e. The first kappa shape index (κ1) is 10.5. The Morgan fingerprint density at radius 3 is 2.73 bits per heavy atom. The van der Waals surface area contributed by atoms with Crippen molar-refractivity contribution in [2.24, 2.45) is 5.92 Å². The number of benzene rings is 1. The van der Waals surface area contributed by atoms with Crippen LogP contribution >= 0.6 is 11.6 Å². The first-order valence-corrected chi connectivity index (χ1v) is 5.34. The minimum Gasteiger partial charge on any atom is -0.376 e. The van der Waals surface area contributed by atoms with Crippen LogP contribution in [0.1, 0.15) is 5.56 Å². The second-order valence-corrected chi connectivity index (χ2v) is 4.06. The second-order valence-electron chi connectivity index (χ2n) is 3.63. The summed E-state index contributed by atoms with van der Waals surface area (Å²) in [5, 5.41) is 0.764. The van der Waals surface area contributed by atoms with Crippen LogP contribution in [0.3, 0.4) is 0 Å². The summed E-state index contributed by atoms with van der Waals surface area (Å²) in [6.07, 6.45) is 4.09. The van der Waals surface area contributed by atoms with Gasteiger partial charge in [-0.3, -0.25) is 0 Å². The summed E-state index contributed by atoms with van der Waals surface area (Å²) in [7, 11) is 0. The third-order valence-electron chi connectivity index (χ3n) is 2.55. The molecule has 2 rings (SSSR count). The molecule has 0 spiro atoms. The highest BCUT2D eigenvalue weighted by Crippen LogP contribution is 2.23. The van der Waals surface area contributed by atoms with Crippen LogP contribution in [0, 0.1) is 5.92 Å². The molecule has 15 heavy (non-hydrogen) atoms. The molecule has 2 heteroatoms. The molecular weight excluding hydrogens is 208 g/mol. The van der Waals surface area contributed by atoms with Gasteiger partial charge in [0.1, 0.15) is 0 Å². The van der Waals surface area contributed by atoms with Crippen molar-refractivity contribution in [3.8, 4) is 0 Å². The van der Waals surface area contributed by atoms with E-state index in [9.17, 15) is 0 Å². The zero-order valence-electron chi connectivity index (χ0n) is 8.45. The summed E-state index contributed by atoms with van der Waals surface area (Å²) in [6, 6.07) is 7.81. The molecule has 1 atom stereocenters. The molecule has 0 aliphatic carbocycles. The van der Waals surface area contributed by atoms with Crippen molar-refractivity contribution >= 4 is 17.7 Å². The summed E-state index contributed by atoms with van der Waals surface area (Å²) in [5.74, 6) is 0.362. The van der Waals surface area contributed by atoms with Crippen molar-refractivity contribution in [1.82, 2.24) is 0 Å². The van der Waals surface area contributed by atoms with Crippen LogP contribution in [-0.4, -0.2) is 13.2 Å². The predicted molar refractivity (Wildman–Crippen MR) is 63.9 cm³/mol. The maximum atomic E-state index is 5.82. The molecule has 0 bridgehead atoms. The van der Waals surface area contributed by atoms with E-state index >= 15 is 0 Å². The van der Waals surface area contributed by atoms with E-state index in [0.717, 1.165) is 17.2 Å². The lowest BCUT2D eigenvalue weighted by Gasteiger charge is -2.03. The zero-order chi connectivity index (χ0) is 10.7. The Balaban J connectivity index is 2.22. The van der Waals surface area contributed by atoms with Crippen molar-refractivity contribution in [2.75, 3.05) is 13.2 Å². The third kappa shape index (κ3) is 2.49. The maximum Gasteiger partial charge on any atom is 0.0687 e. The van der Waals surface area contributed by atoms with E-state index in [0.29, 0.717) is 12.5 Å². The van der Waals surface area contributed by atoms with Crippen molar-refractivity contribution in [1.29, 1.82) is 0 Å². The monoisotopic (exact) mass is 220 g/mol. The number of hydrogen-bond acceptors (Lipinski definition) is 1. The number of hydrogen-bond donors (Lipinski definition) is 0. The molecule has 1 nitrogen and oxygen atoms in total. The summed E-state index contributed by atoms with van der Waals surface area (Å²) < 4.78 is 5.39. The van der Waals surface area contributed by atoms with Crippen LogP contribution < -0.4 is 0 Å². The highest BCUT2D eigenvalue weighted by atomic mass is 35.5. The first-order valence-electron chi connectivity index (χ1n) is 4.96. The number of ether oxygens (including phenoxy) is 1. The van der Waals surface area contributed by atoms with Gasteiger partial charge < -0.3 is 4.74 Å². The molecule has 0 amide bonds. The number of halogens is 1. The first-order chi connectivity index (χ1) is 7.29. The van der Waals surface area contributed by atoms with Gasteiger partial charge in [-0.15, -0.1) is 6.58 Å². The summed E-state index contributed by atoms with van der Waals surface area (Å²) in [6.45, 7) is 5.27. The molecule has 1 aliphatic heterocycles. The molecule has 0 N–H and O–H groups in total. The third-order valence-corrected chi connectivity index (χ3v) is 2.80. The lowest BCUT2D eigenvalue weighted by Crippen LogP contribution is -1.96. The van der Waals surface area contributed by atoms with Gasteiger partial charge in [-0.1, -0.05) is 35.9 Å². The molecule has 0 saturated carbocycles. The van der Waals surface area contributed by atoms with E-state index < -0.39 is 0 Å². The summed E-state index contributed by atoms with van der Waals surface area (Å²) in [4.78, 5) is 0. The molecule has 1 heterocycles. The highest BCUT2D eigenvalue weighted by molar-refractivity contribution is 6.30. The smallest absolute Gasteiger partial charge is 0.0687 e. The average molecular weight is 221 g/mol. The Kier molecular flexibility index (Phi) is 3.24. The van der Waals surface area contributed by atoms with Crippen molar-refractivity contribution in [3.63, 3.8) is 0 Å². The Morgan fingerprint density at radius 2 is 2.07 bits per heavy atom. The fourth-order valence-electron chi connectivity index (χ4n) is 1.66. The molecule has 1 aliphatic rings. The van der Waals surface area contributed by atoms with Crippen LogP contribution in [0.4, 0.5) is 0 Å². The van der Waals surface area contributed by atoms with Crippen molar-refractivity contribution in [3.05, 3.63) is 53.1 Å². The lowest BCUT2D eigenvalue weighted by molar-refractivity contribution is 0.195. The van der Waals surface area contributed by atoms with Gasteiger partial charge in [0.2, 0.25) is 0 Å². The van der Waals surface area contributed by atoms with Crippen molar-refractivity contribution in [2.45, 2.75) is 0 Å². The van der Waals surface area contributed by atoms with Gasteiger partial charge in [0, 0.05) is 10.9 Å². The van der Waals surface area contributed by atoms with Crippen LogP contribution in [0.5, 0.6) is 0 Å². The SMILES string of the molecule is C=CC1COC/C1=C/c1ccc(Cl)cc1. The minimum absolute atomic E-state index is 0.362. The molecule has 1 saturated heterocycles. The van der Waals surface area contributed by atoms with Gasteiger partial charge in [-0.2, -0.15) is 0 Å². The molecule has 1 fully saturated rings. The molecule has 0 aromatic heterocycles. The van der Waals surface area contributed by atoms with E-state index in [-0.39, 0.29) is 0 Å². The van der Waals surface area contributed by atoms with E-state index in [1.165, 1.54) is 5.57 Å². The van der Waals surface area contributed by atoms with Crippen LogP contribution in [-0.2, 0) is 4.74 Å². The van der Waals surface area contributed by atoms with Gasteiger partial charge in [0.25, 0.3) is 0 Å². The van der Waals surface area contributed by atoms with Crippen LogP contribution in [0.2, 0.25) is 5.02 Å². The second kappa shape index (κ2) is 4.65. The average Bonchev–Trinajstić information content (AvgIpc) is 2.69. The normalized spacial score (nSPS) is 23.3. The van der Waals surface area contributed by atoms with E-state index in [1.54, 1.807) is 0 Å². The van der Waals surface area contributed by atoms with Gasteiger partial charge in [-0.25, -0.2) is 0 Å². The topological polar surface area (TPSA) is 9.23 Å². The zero-order valence-corrected chi connectivity index (χ0v) is 9.20. The Labute approximate surface area is 95.0 Å². The highest BCUT2D eigenvalue weighted by Gasteiger charge is 2.17. The Morgan fingerprint density at radius 1 is 1.33 bits per heavy atom. The Bertz CT molecular complexity index is 378. The minimum atomic E-state index is 0.362. The molecular formula is C13H13ClO. The van der Waals surface area contributed by atoms with Gasteiger partial charge in [0.05, 0.1) is 13.2 Å². The van der Waals surface area contributed by atoms with E-state index in [4.69, 9.17) is 16.3 Å². The lowest BCUT2D eigenvalue weighted by atomic mass is 10.0. The predicted octanol–water partition coefficient (Wildman–Crippen LogP) is 3.56. The van der Waals surface area contributed by atoms with E-state index in [1.807, 2.05) is 30.3 Å².